The van der Waals surface area contributed by atoms with Crippen LogP contribution in [0.5, 0.6) is 0 Å². The largest absolute Gasteiger partial charge is 0.419 e. The van der Waals surface area contributed by atoms with Gasteiger partial charge in [0, 0.05) is 23.7 Å². The first-order valence-electron chi connectivity index (χ1n) is 7.27. The zero-order valence-electron chi connectivity index (χ0n) is 12.3. The van der Waals surface area contributed by atoms with Crippen molar-refractivity contribution in [2.24, 2.45) is 0 Å². The lowest BCUT2D eigenvalue weighted by molar-refractivity contribution is -0.116. The maximum Gasteiger partial charge on any atom is 0.419 e. The number of hydrogen-bond acceptors (Lipinski definition) is 3. The molecule has 0 aliphatic heterocycles. The number of nitrogens with zero attached hydrogens (tertiary/aromatic N) is 1. The molecule has 0 saturated carbocycles. The Bertz CT molecular complexity index is 898. The normalized spacial score (nSPS) is 10.8. The highest BCUT2D eigenvalue weighted by atomic mass is 35.5. The van der Waals surface area contributed by atoms with Gasteiger partial charge in [0.1, 0.15) is 0 Å². The van der Waals surface area contributed by atoms with Crippen molar-refractivity contribution >= 4 is 34.3 Å². The summed E-state index contributed by atoms with van der Waals surface area (Å²) < 4.78 is 6.70. The van der Waals surface area contributed by atoms with E-state index in [1.54, 1.807) is 34.9 Å². The van der Waals surface area contributed by atoms with E-state index in [1.807, 2.05) is 18.2 Å². The molecule has 1 N–H and O–H groups in total. The van der Waals surface area contributed by atoms with Gasteiger partial charge in [-0.3, -0.25) is 9.36 Å². The van der Waals surface area contributed by atoms with Gasteiger partial charge in [0.25, 0.3) is 0 Å². The average molecular weight is 331 g/mol. The fourth-order valence-corrected chi connectivity index (χ4v) is 2.60. The van der Waals surface area contributed by atoms with Crippen molar-refractivity contribution in [3.63, 3.8) is 0 Å². The van der Waals surface area contributed by atoms with E-state index >= 15 is 0 Å². The molecule has 0 saturated heterocycles. The van der Waals surface area contributed by atoms with Gasteiger partial charge in [0.15, 0.2) is 5.58 Å². The summed E-state index contributed by atoms with van der Waals surface area (Å²) in [5, 5.41) is 3.35. The number of carbonyl (C=O) groups is 1. The Balaban J connectivity index is 1.59. The molecule has 0 radical (unpaired) electrons. The summed E-state index contributed by atoms with van der Waals surface area (Å²) in [6, 6.07) is 14.2. The van der Waals surface area contributed by atoms with Gasteiger partial charge in [0.05, 0.1) is 5.52 Å². The minimum Gasteiger partial charge on any atom is -0.408 e. The smallest absolute Gasteiger partial charge is 0.408 e. The average Bonchev–Trinajstić information content (AvgIpc) is 2.83. The SMILES string of the molecule is O=C(CCCn1c(=O)oc2ccccc21)Nc1cccc(Cl)c1. The van der Waals surface area contributed by atoms with Gasteiger partial charge >= 0.3 is 5.76 Å². The number of aromatic nitrogens is 1. The molecule has 3 aromatic rings. The molecule has 5 nitrogen and oxygen atoms in total. The molecule has 118 valence electrons. The zero-order chi connectivity index (χ0) is 16.2. The van der Waals surface area contributed by atoms with Crippen LogP contribution in [0.15, 0.2) is 57.7 Å². The third-order valence-electron chi connectivity index (χ3n) is 3.47. The number of benzene rings is 2. The van der Waals surface area contributed by atoms with Gasteiger partial charge in [0.2, 0.25) is 5.91 Å². The van der Waals surface area contributed by atoms with E-state index in [-0.39, 0.29) is 5.91 Å². The van der Waals surface area contributed by atoms with Crippen molar-refractivity contribution in [3.8, 4) is 0 Å². The summed E-state index contributed by atoms with van der Waals surface area (Å²) in [5.74, 6) is -0.519. The first-order chi connectivity index (χ1) is 11.1. The Labute approximate surface area is 137 Å². The first kappa shape index (κ1) is 15.4. The van der Waals surface area contributed by atoms with E-state index in [0.29, 0.717) is 35.7 Å². The Morgan fingerprint density at radius 2 is 2.00 bits per heavy atom. The number of anilines is 1. The predicted octanol–water partition coefficient (Wildman–Crippen LogP) is 3.67. The topological polar surface area (TPSA) is 64.2 Å². The lowest BCUT2D eigenvalue weighted by atomic mass is 10.2. The van der Waals surface area contributed by atoms with Gasteiger partial charge in [-0.05, 0) is 36.8 Å². The van der Waals surface area contributed by atoms with Crippen LogP contribution >= 0.6 is 11.6 Å². The molecule has 1 heterocycles. The summed E-state index contributed by atoms with van der Waals surface area (Å²) in [6.07, 6.45) is 0.842. The molecule has 0 spiro atoms. The highest BCUT2D eigenvalue weighted by molar-refractivity contribution is 6.30. The minimum atomic E-state index is -0.401. The third kappa shape index (κ3) is 3.63. The standard InChI is InChI=1S/C17H15ClN2O3/c18-12-5-3-6-13(11-12)19-16(21)9-4-10-20-14-7-1-2-8-15(14)23-17(20)22/h1-3,5-8,11H,4,9-10H2,(H,19,21). The lowest BCUT2D eigenvalue weighted by Gasteiger charge is -2.06. The number of hydrogen-bond donors (Lipinski definition) is 1. The van der Waals surface area contributed by atoms with E-state index in [9.17, 15) is 9.59 Å². The molecule has 0 aliphatic carbocycles. The molecular weight excluding hydrogens is 316 g/mol. The fourth-order valence-electron chi connectivity index (χ4n) is 2.41. The van der Waals surface area contributed by atoms with Crippen molar-refractivity contribution < 1.29 is 9.21 Å². The number of para-hydroxylation sites is 2. The summed E-state index contributed by atoms with van der Waals surface area (Å²) >= 11 is 5.87. The van der Waals surface area contributed by atoms with E-state index in [0.717, 1.165) is 5.52 Å². The molecule has 6 heteroatoms. The van der Waals surface area contributed by atoms with Crippen LogP contribution in [0.4, 0.5) is 5.69 Å². The molecule has 0 atom stereocenters. The number of oxazole rings is 1. The molecule has 3 rings (SSSR count). The predicted molar refractivity (Wildman–Crippen MR) is 89.8 cm³/mol. The second kappa shape index (κ2) is 6.71. The molecule has 23 heavy (non-hydrogen) atoms. The number of halogens is 1. The maximum atomic E-state index is 11.9. The number of carbonyl (C=O) groups excluding carboxylic acids is 1. The van der Waals surface area contributed by atoms with Gasteiger partial charge in [-0.25, -0.2) is 4.79 Å². The molecule has 2 aromatic carbocycles. The Kier molecular flexibility index (Phi) is 4.48. The molecule has 0 bridgehead atoms. The van der Waals surface area contributed by atoms with Crippen LogP contribution in [-0.2, 0) is 11.3 Å². The van der Waals surface area contributed by atoms with Crippen LogP contribution in [0.2, 0.25) is 5.02 Å². The highest BCUT2D eigenvalue weighted by Crippen LogP contribution is 2.16. The molecular formula is C17H15ClN2O3. The van der Waals surface area contributed by atoms with Gasteiger partial charge in [-0.1, -0.05) is 29.8 Å². The van der Waals surface area contributed by atoms with Crippen LogP contribution in [0, 0.1) is 0 Å². The lowest BCUT2D eigenvalue weighted by Crippen LogP contribution is -2.17. The van der Waals surface area contributed by atoms with Crippen molar-refractivity contribution in [2.45, 2.75) is 19.4 Å². The molecule has 0 unspecified atom stereocenters. The van der Waals surface area contributed by atoms with Crippen LogP contribution in [0.25, 0.3) is 11.1 Å². The number of rotatable bonds is 5. The number of fused-ring (bicyclic) bond motifs is 1. The van der Waals surface area contributed by atoms with Crippen LogP contribution in [-0.4, -0.2) is 10.5 Å². The third-order valence-corrected chi connectivity index (χ3v) is 3.70. The number of aryl methyl sites for hydroxylation is 1. The first-order valence-corrected chi connectivity index (χ1v) is 7.65. The number of amides is 1. The molecule has 0 fully saturated rings. The minimum absolute atomic E-state index is 0.117. The van der Waals surface area contributed by atoms with Crippen molar-refractivity contribution in [2.75, 3.05) is 5.32 Å². The summed E-state index contributed by atoms with van der Waals surface area (Å²) in [5.41, 5.74) is 1.96. The maximum absolute atomic E-state index is 11.9. The van der Waals surface area contributed by atoms with Gasteiger partial charge in [-0.15, -0.1) is 0 Å². The fraction of sp³-hybridized carbons (Fsp3) is 0.176. The Morgan fingerprint density at radius 1 is 1.17 bits per heavy atom. The monoisotopic (exact) mass is 330 g/mol. The van der Waals surface area contributed by atoms with E-state index in [2.05, 4.69) is 5.32 Å². The van der Waals surface area contributed by atoms with Gasteiger partial charge in [-0.2, -0.15) is 0 Å². The van der Waals surface area contributed by atoms with Crippen molar-refractivity contribution in [3.05, 3.63) is 64.1 Å². The van der Waals surface area contributed by atoms with Crippen LogP contribution in [0.3, 0.4) is 0 Å². The second-order valence-corrected chi connectivity index (χ2v) is 5.59. The zero-order valence-corrected chi connectivity index (χ0v) is 13.0. The molecule has 1 aromatic heterocycles. The Hall–Kier alpha value is -2.53. The van der Waals surface area contributed by atoms with Crippen LogP contribution < -0.4 is 11.1 Å². The quantitative estimate of drug-likeness (QED) is 0.776. The number of nitrogens with one attached hydrogen (secondary N) is 1. The van der Waals surface area contributed by atoms with E-state index in [1.165, 1.54) is 0 Å². The van der Waals surface area contributed by atoms with E-state index < -0.39 is 5.76 Å². The van der Waals surface area contributed by atoms with Crippen molar-refractivity contribution in [1.82, 2.24) is 4.57 Å². The molecule has 0 aliphatic rings. The second-order valence-electron chi connectivity index (χ2n) is 5.15. The highest BCUT2D eigenvalue weighted by Gasteiger charge is 2.09. The van der Waals surface area contributed by atoms with Crippen LogP contribution in [0.1, 0.15) is 12.8 Å². The van der Waals surface area contributed by atoms with E-state index in [4.69, 9.17) is 16.0 Å². The summed E-state index contributed by atoms with van der Waals surface area (Å²) in [4.78, 5) is 23.8. The van der Waals surface area contributed by atoms with Crippen molar-refractivity contribution in [1.29, 1.82) is 0 Å². The summed E-state index contributed by atoms with van der Waals surface area (Å²) in [7, 11) is 0. The Morgan fingerprint density at radius 3 is 2.83 bits per heavy atom. The summed E-state index contributed by atoms with van der Waals surface area (Å²) in [6.45, 7) is 0.429. The van der Waals surface area contributed by atoms with Gasteiger partial charge < -0.3 is 9.73 Å². The molecule has 1 amide bonds.